The highest BCUT2D eigenvalue weighted by Crippen LogP contribution is 2.29. The Hall–Kier alpha value is -1.42. The SMILES string of the molecule is Cc1ccc(-c2cnc(N)s2)c(F)c1. The number of aryl methyl sites for hydroxylation is 1. The van der Waals surface area contributed by atoms with Crippen molar-refractivity contribution < 1.29 is 4.39 Å². The molecule has 14 heavy (non-hydrogen) atoms. The lowest BCUT2D eigenvalue weighted by Gasteiger charge is -1.99. The molecule has 4 heteroatoms. The maximum absolute atomic E-state index is 13.5. The van der Waals surface area contributed by atoms with Crippen LogP contribution in [0.3, 0.4) is 0 Å². The molecular weight excluding hydrogens is 199 g/mol. The largest absolute Gasteiger partial charge is 0.375 e. The summed E-state index contributed by atoms with van der Waals surface area (Å²) < 4.78 is 13.5. The van der Waals surface area contributed by atoms with E-state index in [2.05, 4.69) is 4.98 Å². The number of rotatable bonds is 1. The van der Waals surface area contributed by atoms with Crippen molar-refractivity contribution in [3.63, 3.8) is 0 Å². The van der Waals surface area contributed by atoms with E-state index in [1.54, 1.807) is 12.3 Å². The summed E-state index contributed by atoms with van der Waals surface area (Å²) in [6, 6.07) is 5.12. The Labute approximate surface area is 85.2 Å². The van der Waals surface area contributed by atoms with E-state index >= 15 is 0 Å². The van der Waals surface area contributed by atoms with Crippen molar-refractivity contribution in [1.29, 1.82) is 0 Å². The predicted octanol–water partition coefficient (Wildman–Crippen LogP) is 2.84. The van der Waals surface area contributed by atoms with Gasteiger partial charge in [0.05, 0.1) is 4.88 Å². The lowest BCUT2D eigenvalue weighted by atomic mass is 10.1. The summed E-state index contributed by atoms with van der Waals surface area (Å²) in [6.45, 7) is 1.86. The summed E-state index contributed by atoms with van der Waals surface area (Å²) >= 11 is 1.29. The lowest BCUT2D eigenvalue weighted by Crippen LogP contribution is -1.82. The Bertz CT molecular complexity index is 465. The number of nitrogens with zero attached hydrogens (tertiary/aromatic N) is 1. The molecule has 0 fully saturated rings. The van der Waals surface area contributed by atoms with Gasteiger partial charge in [-0.25, -0.2) is 9.37 Å². The molecule has 0 bridgehead atoms. The molecule has 0 amide bonds. The minimum Gasteiger partial charge on any atom is -0.375 e. The van der Waals surface area contributed by atoms with E-state index in [4.69, 9.17) is 5.73 Å². The van der Waals surface area contributed by atoms with E-state index in [1.165, 1.54) is 17.4 Å². The van der Waals surface area contributed by atoms with Crippen LogP contribution >= 0.6 is 11.3 Å². The van der Waals surface area contributed by atoms with Crippen LogP contribution in [0.5, 0.6) is 0 Å². The molecule has 2 aromatic rings. The first kappa shape index (κ1) is 9.15. The maximum Gasteiger partial charge on any atom is 0.180 e. The number of nitrogens with two attached hydrogens (primary N) is 1. The molecule has 1 aromatic carbocycles. The number of nitrogen functional groups attached to an aromatic ring is 1. The molecule has 0 spiro atoms. The molecule has 2 rings (SSSR count). The normalized spacial score (nSPS) is 10.4. The summed E-state index contributed by atoms with van der Waals surface area (Å²) in [5.41, 5.74) is 6.95. The number of aromatic nitrogens is 1. The Morgan fingerprint density at radius 1 is 1.43 bits per heavy atom. The number of benzene rings is 1. The van der Waals surface area contributed by atoms with Crippen molar-refractivity contribution in [3.05, 3.63) is 35.8 Å². The minimum absolute atomic E-state index is 0.228. The van der Waals surface area contributed by atoms with Crippen LogP contribution in [-0.2, 0) is 0 Å². The second kappa shape index (κ2) is 3.38. The van der Waals surface area contributed by atoms with E-state index < -0.39 is 0 Å². The van der Waals surface area contributed by atoms with Gasteiger partial charge in [-0.15, -0.1) is 0 Å². The molecule has 1 heterocycles. The van der Waals surface area contributed by atoms with Gasteiger partial charge < -0.3 is 5.73 Å². The number of halogens is 1. The van der Waals surface area contributed by atoms with Gasteiger partial charge >= 0.3 is 0 Å². The van der Waals surface area contributed by atoms with Crippen LogP contribution in [-0.4, -0.2) is 4.98 Å². The van der Waals surface area contributed by atoms with Crippen molar-refractivity contribution in [3.8, 4) is 10.4 Å². The van der Waals surface area contributed by atoms with Gasteiger partial charge in [0, 0.05) is 11.8 Å². The molecule has 0 radical (unpaired) electrons. The van der Waals surface area contributed by atoms with Crippen LogP contribution in [0.15, 0.2) is 24.4 Å². The van der Waals surface area contributed by atoms with Crippen LogP contribution in [0.4, 0.5) is 9.52 Å². The number of anilines is 1. The van der Waals surface area contributed by atoms with Crippen molar-refractivity contribution in [2.45, 2.75) is 6.92 Å². The molecule has 0 saturated carbocycles. The minimum atomic E-state index is -0.228. The average Bonchev–Trinajstić information content (AvgIpc) is 2.51. The summed E-state index contributed by atoms with van der Waals surface area (Å²) in [6.07, 6.45) is 1.59. The zero-order valence-electron chi connectivity index (χ0n) is 7.62. The Morgan fingerprint density at radius 2 is 2.21 bits per heavy atom. The molecule has 0 aliphatic heterocycles. The predicted molar refractivity (Wildman–Crippen MR) is 56.7 cm³/mol. The van der Waals surface area contributed by atoms with Crippen molar-refractivity contribution in [1.82, 2.24) is 4.98 Å². The van der Waals surface area contributed by atoms with Gasteiger partial charge in [-0.05, 0) is 18.6 Å². The van der Waals surface area contributed by atoms with Crippen LogP contribution in [0.2, 0.25) is 0 Å². The highest BCUT2D eigenvalue weighted by molar-refractivity contribution is 7.18. The van der Waals surface area contributed by atoms with Crippen molar-refractivity contribution in [2.75, 3.05) is 5.73 Å². The molecule has 1 aromatic heterocycles. The van der Waals surface area contributed by atoms with E-state index in [9.17, 15) is 4.39 Å². The zero-order valence-corrected chi connectivity index (χ0v) is 8.44. The van der Waals surface area contributed by atoms with Gasteiger partial charge in [-0.1, -0.05) is 23.5 Å². The molecule has 0 unspecified atom stereocenters. The van der Waals surface area contributed by atoms with Crippen molar-refractivity contribution >= 4 is 16.5 Å². The van der Waals surface area contributed by atoms with Gasteiger partial charge in [0.2, 0.25) is 0 Å². The Morgan fingerprint density at radius 3 is 2.79 bits per heavy atom. The average molecular weight is 208 g/mol. The molecule has 2 nitrogen and oxygen atoms in total. The van der Waals surface area contributed by atoms with Crippen LogP contribution < -0.4 is 5.73 Å². The van der Waals surface area contributed by atoms with Crippen LogP contribution in [0.25, 0.3) is 10.4 Å². The summed E-state index contributed by atoms with van der Waals surface area (Å²) in [7, 11) is 0. The van der Waals surface area contributed by atoms with Gasteiger partial charge in [-0.2, -0.15) is 0 Å². The number of hydrogen-bond acceptors (Lipinski definition) is 3. The third-order valence-electron chi connectivity index (χ3n) is 1.91. The molecule has 0 aliphatic carbocycles. The van der Waals surface area contributed by atoms with Gasteiger partial charge in [0.25, 0.3) is 0 Å². The fourth-order valence-electron chi connectivity index (χ4n) is 1.23. The third kappa shape index (κ3) is 1.61. The zero-order chi connectivity index (χ0) is 10.1. The first-order valence-corrected chi connectivity index (χ1v) is 4.96. The third-order valence-corrected chi connectivity index (χ3v) is 2.77. The summed E-state index contributed by atoms with van der Waals surface area (Å²) in [4.78, 5) is 4.65. The second-order valence-corrected chi connectivity index (χ2v) is 4.11. The number of hydrogen-bond donors (Lipinski definition) is 1. The number of thiazole rings is 1. The topological polar surface area (TPSA) is 38.9 Å². The molecule has 0 saturated heterocycles. The Balaban J connectivity index is 2.52. The molecular formula is C10H9FN2S. The van der Waals surface area contributed by atoms with Crippen LogP contribution in [0.1, 0.15) is 5.56 Å². The first-order valence-electron chi connectivity index (χ1n) is 4.14. The lowest BCUT2D eigenvalue weighted by molar-refractivity contribution is 0.630. The van der Waals surface area contributed by atoms with Gasteiger partial charge in [0.1, 0.15) is 5.82 Å². The fraction of sp³-hybridized carbons (Fsp3) is 0.100. The summed E-state index contributed by atoms with van der Waals surface area (Å²) in [5, 5.41) is 0.458. The fourth-order valence-corrected chi connectivity index (χ4v) is 1.94. The van der Waals surface area contributed by atoms with E-state index in [-0.39, 0.29) is 5.82 Å². The van der Waals surface area contributed by atoms with Crippen molar-refractivity contribution in [2.24, 2.45) is 0 Å². The smallest absolute Gasteiger partial charge is 0.180 e. The van der Waals surface area contributed by atoms with E-state index in [0.717, 1.165) is 10.4 Å². The quantitative estimate of drug-likeness (QED) is 0.782. The highest BCUT2D eigenvalue weighted by Gasteiger charge is 2.07. The molecule has 72 valence electrons. The monoisotopic (exact) mass is 208 g/mol. The van der Waals surface area contributed by atoms with Gasteiger partial charge in [0.15, 0.2) is 5.13 Å². The highest BCUT2D eigenvalue weighted by atomic mass is 32.1. The molecule has 0 atom stereocenters. The van der Waals surface area contributed by atoms with Crippen LogP contribution in [0, 0.1) is 12.7 Å². The molecule has 0 aliphatic rings. The second-order valence-electron chi connectivity index (χ2n) is 3.05. The summed E-state index contributed by atoms with van der Waals surface area (Å²) in [5.74, 6) is -0.228. The first-order chi connectivity index (χ1) is 6.66. The standard InChI is InChI=1S/C10H9FN2S/c1-6-2-3-7(8(11)4-6)9-5-13-10(12)14-9/h2-5H,1H3,(H2,12,13). The maximum atomic E-state index is 13.5. The Kier molecular flexibility index (Phi) is 2.21. The van der Waals surface area contributed by atoms with E-state index in [1.807, 2.05) is 13.0 Å². The van der Waals surface area contributed by atoms with E-state index in [0.29, 0.717) is 10.7 Å². The molecule has 2 N–H and O–H groups in total. The van der Waals surface area contributed by atoms with Gasteiger partial charge in [-0.3, -0.25) is 0 Å².